The maximum Gasteiger partial charge on any atom is 0.226 e. The second kappa shape index (κ2) is 6.62. The van der Waals surface area contributed by atoms with E-state index in [0.29, 0.717) is 19.4 Å². The van der Waals surface area contributed by atoms with Gasteiger partial charge >= 0.3 is 0 Å². The Morgan fingerprint density at radius 1 is 1.56 bits per heavy atom. The SMILES string of the molecule is CC#CCCNC(=O)Cc1ncccc1C. The molecule has 0 saturated carbocycles. The van der Waals surface area contributed by atoms with Crippen molar-refractivity contribution in [2.45, 2.75) is 26.7 Å². The van der Waals surface area contributed by atoms with Crippen LogP contribution in [0, 0.1) is 18.8 Å². The first-order valence-corrected chi connectivity index (χ1v) is 5.31. The van der Waals surface area contributed by atoms with Crippen LogP contribution < -0.4 is 5.32 Å². The molecule has 0 bridgehead atoms. The minimum atomic E-state index is -0.000275. The first-order valence-electron chi connectivity index (χ1n) is 5.31. The number of carbonyl (C=O) groups is 1. The van der Waals surface area contributed by atoms with Gasteiger partial charge in [-0.3, -0.25) is 9.78 Å². The topological polar surface area (TPSA) is 42.0 Å². The van der Waals surface area contributed by atoms with Gasteiger partial charge in [-0.2, -0.15) is 0 Å². The molecule has 0 aliphatic rings. The molecule has 3 heteroatoms. The number of nitrogens with zero attached hydrogens (tertiary/aromatic N) is 1. The molecule has 0 aliphatic heterocycles. The summed E-state index contributed by atoms with van der Waals surface area (Å²) in [6, 6.07) is 3.83. The Kier molecular flexibility index (Phi) is 5.07. The monoisotopic (exact) mass is 216 g/mol. The molecule has 0 unspecified atom stereocenters. The van der Waals surface area contributed by atoms with E-state index in [0.717, 1.165) is 11.3 Å². The second-order valence-electron chi connectivity index (χ2n) is 3.47. The molecule has 0 spiro atoms. The number of aryl methyl sites for hydroxylation is 1. The molecule has 0 fully saturated rings. The van der Waals surface area contributed by atoms with Gasteiger partial charge in [-0.25, -0.2) is 0 Å². The predicted molar refractivity (Wildman–Crippen MR) is 63.8 cm³/mol. The van der Waals surface area contributed by atoms with Crippen LogP contribution in [-0.2, 0) is 11.2 Å². The van der Waals surface area contributed by atoms with Crippen molar-refractivity contribution in [3.05, 3.63) is 29.6 Å². The third-order valence-electron chi connectivity index (χ3n) is 2.19. The van der Waals surface area contributed by atoms with Crippen LogP contribution in [0.1, 0.15) is 24.6 Å². The summed E-state index contributed by atoms with van der Waals surface area (Å²) in [5, 5.41) is 2.81. The van der Waals surface area contributed by atoms with E-state index in [4.69, 9.17) is 0 Å². The molecular weight excluding hydrogens is 200 g/mol. The van der Waals surface area contributed by atoms with Gasteiger partial charge in [-0.1, -0.05) is 6.07 Å². The zero-order chi connectivity index (χ0) is 11.8. The van der Waals surface area contributed by atoms with Crippen molar-refractivity contribution in [2.24, 2.45) is 0 Å². The van der Waals surface area contributed by atoms with E-state index in [1.54, 1.807) is 13.1 Å². The van der Waals surface area contributed by atoms with Crippen LogP contribution in [0.3, 0.4) is 0 Å². The molecule has 1 heterocycles. The van der Waals surface area contributed by atoms with Gasteiger partial charge in [-0.15, -0.1) is 11.8 Å². The van der Waals surface area contributed by atoms with Gasteiger partial charge in [0.1, 0.15) is 0 Å². The Hall–Kier alpha value is -1.82. The smallest absolute Gasteiger partial charge is 0.226 e. The van der Waals surface area contributed by atoms with Crippen molar-refractivity contribution < 1.29 is 4.79 Å². The summed E-state index contributed by atoms with van der Waals surface area (Å²) in [6.07, 6.45) is 2.74. The number of hydrogen-bond donors (Lipinski definition) is 1. The van der Waals surface area contributed by atoms with Crippen molar-refractivity contribution in [2.75, 3.05) is 6.54 Å². The standard InChI is InChI=1S/C13H16N2O/c1-3-4-5-8-15-13(16)10-12-11(2)7-6-9-14-12/h6-7,9H,5,8,10H2,1-2H3,(H,15,16). The average molecular weight is 216 g/mol. The number of aromatic nitrogens is 1. The average Bonchev–Trinajstić information content (AvgIpc) is 2.28. The van der Waals surface area contributed by atoms with E-state index in [1.165, 1.54) is 0 Å². The van der Waals surface area contributed by atoms with Crippen LogP contribution in [0.15, 0.2) is 18.3 Å². The maximum absolute atomic E-state index is 11.5. The zero-order valence-corrected chi connectivity index (χ0v) is 9.71. The number of nitrogens with one attached hydrogen (secondary N) is 1. The van der Waals surface area contributed by atoms with Gasteiger partial charge in [0.05, 0.1) is 12.1 Å². The van der Waals surface area contributed by atoms with Crippen LogP contribution in [0.5, 0.6) is 0 Å². The summed E-state index contributed by atoms with van der Waals surface area (Å²) in [4.78, 5) is 15.7. The van der Waals surface area contributed by atoms with Crippen molar-refractivity contribution in [1.82, 2.24) is 10.3 Å². The molecule has 1 N–H and O–H groups in total. The molecule has 0 saturated heterocycles. The highest BCUT2D eigenvalue weighted by atomic mass is 16.1. The first kappa shape index (κ1) is 12.3. The Labute approximate surface area is 96.3 Å². The largest absolute Gasteiger partial charge is 0.355 e. The third-order valence-corrected chi connectivity index (χ3v) is 2.19. The molecule has 1 rings (SSSR count). The zero-order valence-electron chi connectivity index (χ0n) is 9.71. The van der Waals surface area contributed by atoms with E-state index >= 15 is 0 Å². The van der Waals surface area contributed by atoms with Crippen LogP contribution in [0.4, 0.5) is 0 Å². The fraction of sp³-hybridized carbons (Fsp3) is 0.385. The van der Waals surface area contributed by atoms with Gasteiger partial charge in [0.25, 0.3) is 0 Å². The van der Waals surface area contributed by atoms with Crippen molar-refractivity contribution in [3.63, 3.8) is 0 Å². The molecule has 0 atom stereocenters. The number of hydrogen-bond acceptors (Lipinski definition) is 2. The molecule has 0 aromatic carbocycles. The summed E-state index contributed by atoms with van der Waals surface area (Å²) in [5.41, 5.74) is 1.88. The quantitative estimate of drug-likeness (QED) is 0.611. The summed E-state index contributed by atoms with van der Waals surface area (Å²) in [5.74, 6) is 5.68. The molecule has 1 aromatic heterocycles. The lowest BCUT2D eigenvalue weighted by molar-refractivity contribution is -0.120. The van der Waals surface area contributed by atoms with Crippen LogP contribution in [-0.4, -0.2) is 17.4 Å². The summed E-state index contributed by atoms with van der Waals surface area (Å²) in [6.45, 7) is 4.35. The maximum atomic E-state index is 11.5. The van der Waals surface area contributed by atoms with E-state index in [1.807, 2.05) is 19.1 Å². The molecule has 0 aliphatic carbocycles. The Morgan fingerprint density at radius 3 is 3.06 bits per heavy atom. The highest BCUT2D eigenvalue weighted by molar-refractivity contribution is 5.78. The van der Waals surface area contributed by atoms with Gasteiger partial charge in [0.15, 0.2) is 0 Å². The number of amides is 1. The molecule has 84 valence electrons. The normalized spacial score (nSPS) is 9.12. The lowest BCUT2D eigenvalue weighted by atomic mass is 10.1. The Bertz CT molecular complexity index is 415. The Balaban J connectivity index is 2.39. The van der Waals surface area contributed by atoms with Crippen molar-refractivity contribution in [1.29, 1.82) is 0 Å². The molecule has 1 amide bonds. The minimum absolute atomic E-state index is 0.000275. The highest BCUT2D eigenvalue weighted by Gasteiger charge is 2.05. The van der Waals surface area contributed by atoms with E-state index in [-0.39, 0.29) is 5.91 Å². The lowest BCUT2D eigenvalue weighted by Crippen LogP contribution is -2.26. The number of pyridine rings is 1. The van der Waals surface area contributed by atoms with Gasteiger partial charge in [0.2, 0.25) is 5.91 Å². The van der Waals surface area contributed by atoms with E-state index in [9.17, 15) is 4.79 Å². The first-order chi connectivity index (χ1) is 7.74. The summed E-state index contributed by atoms with van der Waals surface area (Å²) >= 11 is 0. The third kappa shape index (κ3) is 4.14. The number of carbonyl (C=O) groups excluding carboxylic acids is 1. The van der Waals surface area contributed by atoms with E-state index < -0.39 is 0 Å². The predicted octanol–water partition coefficient (Wildman–Crippen LogP) is 1.46. The van der Waals surface area contributed by atoms with Gasteiger partial charge in [0, 0.05) is 19.2 Å². The fourth-order valence-corrected chi connectivity index (χ4v) is 1.31. The number of rotatable bonds is 4. The molecule has 0 radical (unpaired) electrons. The molecule has 1 aromatic rings. The fourth-order valence-electron chi connectivity index (χ4n) is 1.31. The van der Waals surface area contributed by atoms with Crippen LogP contribution in [0.25, 0.3) is 0 Å². The summed E-state index contributed by atoms with van der Waals surface area (Å²) < 4.78 is 0. The van der Waals surface area contributed by atoms with E-state index in [2.05, 4.69) is 22.1 Å². The summed E-state index contributed by atoms with van der Waals surface area (Å²) in [7, 11) is 0. The van der Waals surface area contributed by atoms with Crippen molar-refractivity contribution >= 4 is 5.91 Å². The van der Waals surface area contributed by atoms with Crippen LogP contribution >= 0.6 is 0 Å². The van der Waals surface area contributed by atoms with Gasteiger partial charge in [-0.05, 0) is 25.5 Å². The van der Waals surface area contributed by atoms with Gasteiger partial charge < -0.3 is 5.32 Å². The van der Waals surface area contributed by atoms with Crippen molar-refractivity contribution in [3.8, 4) is 11.8 Å². The molecule has 3 nitrogen and oxygen atoms in total. The molecule has 16 heavy (non-hydrogen) atoms. The van der Waals surface area contributed by atoms with Crippen LogP contribution in [0.2, 0.25) is 0 Å². The lowest BCUT2D eigenvalue weighted by Gasteiger charge is -2.04. The second-order valence-corrected chi connectivity index (χ2v) is 3.47. The molecular formula is C13H16N2O. The minimum Gasteiger partial charge on any atom is -0.355 e. The highest BCUT2D eigenvalue weighted by Crippen LogP contribution is 2.03. The Morgan fingerprint density at radius 2 is 2.38 bits per heavy atom.